The van der Waals surface area contributed by atoms with E-state index in [0.29, 0.717) is 33.1 Å². The van der Waals surface area contributed by atoms with Gasteiger partial charge in [0.05, 0.1) is 5.56 Å². The molecule has 1 aliphatic rings. The van der Waals surface area contributed by atoms with Crippen molar-refractivity contribution in [3.05, 3.63) is 40.7 Å². The Hall–Kier alpha value is -1.74. The lowest BCUT2D eigenvalue weighted by Crippen LogP contribution is -2.42. The average molecular weight is 438 g/mol. The Morgan fingerprint density at radius 2 is 2.04 bits per heavy atom. The highest BCUT2D eigenvalue weighted by Gasteiger charge is 2.33. The molecule has 148 valence electrons. The maximum atomic E-state index is 13.1. The average Bonchev–Trinajstić information content (AvgIpc) is 3.38. The van der Waals surface area contributed by atoms with E-state index in [0.717, 1.165) is 31.2 Å². The summed E-state index contributed by atoms with van der Waals surface area (Å²) in [6, 6.07) is 8.82. The zero-order chi connectivity index (χ0) is 19.7. The molecule has 0 spiro atoms. The summed E-state index contributed by atoms with van der Waals surface area (Å²) >= 11 is 7.10. The molecule has 0 radical (unpaired) electrons. The summed E-state index contributed by atoms with van der Waals surface area (Å²) < 4.78 is 33.6. The number of hydrogen-bond donors (Lipinski definition) is 0. The molecule has 1 aromatic carbocycles. The largest absolute Gasteiger partial charge is 0.334 e. The number of aromatic nitrogens is 2. The minimum Gasteiger partial charge on any atom is -0.334 e. The molecule has 6 nitrogen and oxygen atoms in total. The van der Waals surface area contributed by atoms with Crippen LogP contribution in [0, 0.1) is 0 Å². The van der Waals surface area contributed by atoms with Crippen molar-refractivity contribution < 1.29 is 12.9 Å². The fraction of sp³-hybridized carbons (Fsp3) is 0.368. The monoisotopic (exact) mass is 437 g/mol. The predicted octanol–water partition coefficient (Wildman–Crippen LogP) is 5.07. The van der Waals surface area contributed by atoms with Gasteiger partial charge in [0, 0.05) is 28.6 Å². The van der Waals surface area contributed by atoms with Crippen molar-refractivity contribution in [2.45, 2.75) is 42.9 Å². The fourth-order valence-corrected chi connectivity index (χ4v) is 6.61. The van der Waals surface area contributed by atoms with Crippen LogP contribution < -0.4 is 0 Å². The first-order valence-corrected chi connectivity index (χ1v) is 11.9. The van der Waals surface area contributed by atoms with E-state index in [4.69, 9.17) is 16.1 Å². The molecule has 9 heteroatoms. The molecule has 0 bridgehead atoms. The fourth-order valence-electron chi connectivity index (χ4n) is 3.43. The molecule has 3 heterocycles. The molecule has 0 amide bonds. The van der Waals surface area contributed by atoms with Crippen LogP contribution in [0.4, 0.5) is 0 Å². The second-order valence-corrected chi connectivity index (χ2v) is 10.2. The molecule has 0 unspecified atom stereocenters. The summed E-state index contributed by atoms with van der Waals surface area (Å²) in [6.07, 6.45) is 3.73. The Bertz CT molecular complexity index is 1060. The maximum Gasteiger partial charge on any atom is 0.259 e. The van der Waals surface area contributed by atoms with Crippen molar-refractivity contribution in [1.82, 2.24) is 14.4 Å². The quantitative estimate of drug-likeness (QED) is 0.556. The number of sulfonamides is 1. The van der Waals surface area contributed by atoms with E-state index < -0.39 is 10.0 Å². The van der Waals surface area contributed by atoms with Crippen LogP contribution in [0.15, 0.2) is 44.4 Å². The highest BCUT2D eigenvalue weighted by molar-refractivity contribution is 7.91. The van der Waals surface area contributed by atoms with Crippen LogP contribution in [0.5, 0.6) is 0 Å². The molecule has 0 aliphatic carbocycles. The Labute approximate surface area is 173 Å². The van der Waals surface area contributed by atoms with Crippen LogP contribution in [-0.4, -0.2) is 35.5 Å². The number of hydrogen-bond acceptors (Lipinski definition) is 6. The molecular formula is C19H20ClN3O3S2. The Balaban J connectivity index is 1.60. The van der Waals surface area contributed by atoms with Crippen LogP contribution in [0.1, 0.15) is 32.6 Å². The summed E-state index contributed by atoms with van der Waals surface area (Å²) in [5.41, 5.74) is 1.39. The summed E-state index contributed by atoms with van der Waals surface area (Å²) in [6.45, 7) is 2.62. The zero-order valence-corrected chi connectivity index (χ0v) is 17.7. The van der Waals surface area contributed by atoms with Gasteiger partial charge in [-0.25, -0.2) is 8.42 Å². The Kier molecular flexibility index (Phi) is 5.55. The number of nitrogens with zero attached hydrogens (tertiary/aromatic N) is 3. The van der Waals surface area contributed by atoms with Crippen molar-refractivity contribution in [1.29, 1.82) is 0 Å². The van der Waals surface area contributed by atoms with Gasteiger partial charge in [-0.2, -0.15) is 9.29 Å². The number of halogens is 1. The molecule has 1 fully saturated rings. The number of thiophene rings is 1. The standard InChI is InChI=1S/C19H20ClN3O3S2/c1-2-16-5-3-4-10-23(16)28(24,25)17-11-14(12-27-17)19-21-18(22-26-19)13-6-8-15(20)9-7-13/h6-9,11-12,16H,2-5,10H2,1H3/t16-/m0/s1. The summed E-state index contributed by atoms with van der Waals surface area (Å²) in [5.74, 6) is 0.734. The van der Waals surface area contributed by atoms with Crippen LogP contribution in [0.3, 0.4) is 0 Å². The zero-order valence-electron chi connectivity index (χ0n) is 15.3. The Morgan fingerprint density at radius 1 is 1.25 bits per heavy atom. The van der Waals surface area contributed by atoms with E-state index in [2.05, 4.69) is 10.1 Å². The van der Waals surface area contributed by atoms with E-state index >= 15 is 0 Å². The van der Waals surface area contributed by atoms with Crippen molar-refractivity contribution in [2.24, 2.45) is 0 Å². The third kappa shape index (κ3) is 3.74. The molecule has 1 atom stereocenters. The third-order valence-corrected chi connectivity index (χ3v) is 8.58. The van der Waals surface area contributed by atoms with Gasteiger partial charge in [-0.15, -0.1) is 11.3 Å². The van der Waals surface area contributed by atoms with Crippen molar-refractivity contribution in [2.75, 3.05) is 6.54 Å². The predicted molar refractivity (Wildman–Crippen MR) is 110 cm³/mol. The second-order valence-electron chi connectivity index (χ2n) is 6.76. The molecule has 3 aromatic rings. The molecule has 2 aromatic heterocycles. The molecule has 1 aliphatic heterocycles. The third-order valence-electron chi connectivity index (χ3n) is 4.96. The van der Waals surface area contributed by atoms with Gasteiger partial charge >= 0.3 is 0 Å². The highest BCUT2D eigenvalue weighted by atomic mass is 35.5. The van der Waals surface area contributed by atoms with Crippen LogP contribution in [-0.2, 0) is 10.0 Å². The van der Waals surface area contributed by atoms with Crippen molar-refractivity contribution in [3.8, 4) is 22.8 Å². The van der Waals surface area contributed by atoms with Gasteiger partial charge in [0.15, 0.2) is 0 Å². The first-order valence-electron chi connectivity index (χ1n) is 9.19. The normalized spacial score (nSPS) is 18.4. The van der Waals surface area contributed by atoms with Gasteiger partial charge in [0.1, 0.15) is 4.21 Å². The molecule has 0 N–H and O–H groups in total. The molecular weight excluding hydrogens is 418 g/mol. The summed E-state index contributed by atoms with van der Waals surface area (Å²) in [7, 11) is -3.51. The first kappa shape index (κ1) is 19.6. The SMILES string of the molecule is CC[C@H]1CCCCN1S(=O)(=O)c1cc(-c2nc(-c3ccc(Cl)cc3)no2)cs1. The van der Waals surface area contributed by atoms with Gasteiger partial charge in [0.25, 0.3) is 15.9 Å². The van der Waals surface area contributed by atoms with E-state index in [9.17, 15) is 8.42 Å². The number of benzene rings is 1. The van der Waals surface area contributed by atoms with E-state index in [1.54, 1.807) is 27.9 Å². The van der Waals surface area contributed by atoms with Crippen molar-refractivity contribution >= 4 is 33.0 Å². The lowest BCUT2D eigenvalue weighted by atomic mass is 10.0. The minimum absolute atomic E-state index is 0.0733. The number of piperidine rings is 1. The summed E-state index contributed by atoms with van der Waals surface area (Å²) in [5, 5.41) is 6.37. The van der Waals surface area contributed by atoms with E-state index in [1.807, 2.05) is 19.1 Å². The lowest BCUT2D eigenvalue weighted by molar-refractivity contribution is 0.247. The van der Waals surface area contributed by atoms with E-state index in [1.165, 1.54) is 11.3 Å². The molecule has 1 saturated heterocycles. The lowest BCUT2D eigenvalue weighted by Gasteiger charge is -2.33. The van der Waals surface area contributed by atoms with Gasteiger partial charge in [-0.3, -0.25) is 0 Å². The van der Waals surface area contributed by atoms with E-state index in [-0.39, 0.29) is 6.04 Å². The first-order chi connectivity index (χ1) is 13.5. The number of rotatable bonds is 5. The van der Waals surface area contributed by atoms with Crippen LogP contribution >= 0.6 is 22.9 Å². The Morgan fingerprint density at radius 3 is 2.79 bits per heavy atom. The van der Waals surface area contributed by atoms with Gasteiger partial charge < -0.3 is 4.52 Å². The highest BCUT2D eigenvalue weighted by Crippen LogP contribution is 2.33. The minimum atomic E-state index is -3.51. The van der Waals surface area contributed by atoms with Crippen LogP contribution in [0.25, 0.3) is 22.8 Å². The van der Waals surface area contributed by atoms with Crippen molar-refractivity contribution in [3.63, 3.8) is 0 Å². The van der Waals surface area contributed by atoms with Gasteiger partial charge in [-0.05, 0) is 49.6 Å². The smallest absolute Gasteiger partial charge is 0.259 e. The second kappa shape index (κ2) is 7.94. The topological polar surface area (TPSA) is 76.3 Å². The van der Waals surface area contributed by atoms with Gasteiger partial charge in [-0.1, -0.05) is 30.1 Å². The maximum absolute atomic E-state index is 13.1. The van der Waals surface area contributed by atoms with Gasteiger partial charge in [0.2, 0.25) is 5.82 Å². The summed E-state index contributed by atoms with van der Waals surface area (Å²) in [4.78, 5) is 4.40. The molecule has 28 heavy (non-hydrogen) atoms. The molecule has 4 rings (SSSR count). The van der Waals surface area contributed by atoms with Crippen LogP contribution in [0.2, 0.25) is 5.02 Å². The molecule has 0 saturated carbocycles.